The smallest absolute Gasteiger partial charge is 0.261 e. The van der Waals surface area contributed by atoms with Crippen LogP contribution in [0, 0.1) is 22.7 Å². The second-order valence-electron chi connectivity index (χ2n) is 5.92. The Labute approximate surface area is 155 Å². The molecule has 3 amide bonds. The molecule has 3 rings (SSSR count). The van der Waals surface area contributed by atoms with Crippen molar-refractivity contribution in [1.82, 2.24) is 9.80 Å². The van der Waals surface area contributed by atoms with Crippen LogP contribution in [-0.4, -0.2) is 40.6 Å². The fourth-order valence-corrected chi connectivity index (χ4v) is 2.89. The van der Waals surface area contributed by atoms with E-state index in [4.69, 9.17) is 10.5 Å². The first-order valence-corrected chi connectivity index (χ1v) is 8.14. The van der Waals surface area contributed by atoms with Crippen LogP contribution in [0.3, 0.4) is 0 Å². The van der Waals surface area contributed by atoms with Crippen LogP contribution in [0.2, 0.25) is 0 Å². The van der Waals surface area contributed by atoms with Crippen molar-refractivity contribution in [1.29, 1.82) is 10.5 Å². The molecule has 0 fully saturated rings. The summed E-state index contributed by atoms with van der Waals surface area (Å²) in [6.07, 6.45) is 0. The van der Waals surface area contributed by atoms with Gasteiger partial charge in [0.1, 0.15) is 13.1 Å². The maximum Gasteiger partial charge on any atom is 0.261 e. The van der Waals surface area contributed by atoms with Crippen LogP contribution >= 0.6 is 0 Å². The summed E-state index contributed by atoms with van der Waals surface area (Å²) in [5.74, 6) is -1.42. The number of fused-ring (bicyclic) bond motifs is 1. The molecule has 1 aliphatic rings. The summed E-state index contributed by atoms with van der Waals surface area (Å²) < 4.78 is 0. The monoisotopic (exact) mass is 358 g/mol. The average molecular weight is 358 g/mol. The van der Waals surface area contributed by atoms with Crippen molar-refractivity contribution in [3.63, 3.8) is 0 Å². The number of hydrogen-bond donors (Lipinski definition) is 0. The molecule has 0 bridgehead atoms. The Hall–Kier alpha value is -3.97. The van der Waals surface area contributed by atoms with Crippen LogP contribution in [0.25, 0.3) is 0 Å². The second kappa shape index (κ2) is 7.51. The normalized spacial score (nSPS) is 12.3. The molecule has 0 unspecified atom stereocenters. The van der Waals surface area contributed by atoms with Gasteiger partial charge in [-0.15, -0.1) is 0 Å². The minimum Gasteiger partial charge on any atom is -0.312 e. The molecule has 0 atom stereocenters. The van der Waals surface area contributed by atoms with Gasteiger partial charge in [-0.25, -0.2) is 0 Å². The van der Waals surface area contributed by atoms with E-state index in [-0.39, 0.29) is 36.3 Å². The molecule has 0 aromatic heterocycles. The van der Waals surface area contributed by atoms with Gasteiger partial charge in [0, 0.05) is 5.56 Å². The van der Waals surface area contributed by atoms with E-state index in [0.29, 0.717) is 0 Å². The van der Waals surface area contributed by atoms with E-state index in [0.717, 1.165) is 15.4 Å². The van der Waals surface area contributed by atoms with Crippen LogP contribution in [-0.2, 0) is 6.54 Å². The summed E-state index contributed by atoms with van der Waals surface area (Å²) in [5, 5.41) is 17.6. The van der Waals surface area contributed by atoms with Crippen molar-refractivity contribution >= 4 is 17.7 Å². The number of hydrogen-bond acceptors (Lipinski definition) is 5. The van der Waals surface area contributed by atoms with Gasteiger partial charge in [0.25, 0.3) is 17.7 Å². The van der Waals surface area contributed by atoms with Gasteiger partial charge < -0.3 is 4.90 Å². The number of carbonyl (C=O) groups excluding carboxylic acids is 3. The third kappa shape index (κ3) is 3.39. The van der Waals surface area contributed by atoms with Crippen molar-refractivity contribution in [2.75, 3.05) is 13.1 Å². The largest absolute Gasteiger partial charge is 0.312 e. The van der Waals surface area contributed by atoms with Crippen molar-refractivity contribution in [3.05, 3.63) is 70.8 Å². The van der Waals surface area contributed by atoms with Gasteiger partial charge in [-0.2, -0.15) is 10.5 Å². The van der Waals surface area contributed by atoms with E-state index < -0.39 is 17.7 Å². The Bertz CT molecular complexity index is 986. The van der Waals surface area contributed by atoms with Crippen LogP contribution in [0.1, 0.15) is 36.6 Å². The standard InChI is InChI=1S/C20H14N4O3/c21-8-10-23(11-9-22)18(25)15-6-7-16-17(12-15)20(27)24(19(16)26)13-14-4-2-1-3-5-14/h1-7,12H,10-11,13H2. The molecular formula is C20H14N4O3. The summed E-state index contributed by atoms with van der Waals surface area (Å²) in [7, 11) is 0. The maximum atomic E-state index is 12.7. The lowest BCUT2D eigenvalue weighted by atomic mass is 10.0. The number of rotatable bonds is 5. The molecule has 1 heterocycles. The van der Waals surface area contributed by atoms with Gasteiger partial charge in [-0.05, 0) is 23.8 Å². The Morgan fingerprint density at radius 1 is 0.926 bits per heavy atom. The zero-order chi connectivity index (χ0) is 19.4. The van der Waals surface area contributed by atoms with Gasteiger partial charge in [-0.3, -0.25) is 19.3 Å². The molecule has 1 aliphatic heterocycles. The molecule has 27 heavy (non-hydrogen) atoms. The summed E-state index contributed by atoms with van der Waals surface area (Å²) in [4.78, 5) is 39.9. The molecule has 2 aromatic carbocycles. The lowest BCUT2D eigenvalue weighted by Crippen LogP contribution is -2.32. The summed E-state index contributed by atoms with van der Waals surface area (Å²) >= 11 is 0. The molecule has 0 spiro atoms. The van der Waals surface area contributed by atoms with E-state index in [2.05, 4.69) is 0 Å². The van der Waals surface area contributed by atoms with Crippen LogP contribution in [0.4, 0.5) is 0 Å². The molecule has 0 N–H and O–H groups in total. The minimum absolute atomic E-state index is 0.144. The Morgan fingerprint density at radius 2 is 1.56 bits per heavy atom. The SMILES string of the molecule is N#CCN(CC#N)C(=O)c1ccc2c(c1)C(=O)N(Cc1ccccc1)C2=O. The highest BCUT2D eigenvalue weighted by molar-refractivity contribution is 6.22. The number of imide groups is 1. The summed E-state index contributed by atoms with van der Waals surface area (Å²) in [6.45, 7) is -0.335. The molecule has 2 aromatic rings. The first-order valence-electron chi connectivity index (χ1n) is 8.14. The minimum atomic E-state index is -0.539. The number of benzene rings is 2. The number of carbonyl (C=O) groups is 3. The van der Waals surface area contributed by atoms with Gasteiger partial charge in [-0.1, -0.05) is 30.3 Å². The van der Waals surface area contributed by atoms with E-state index in [1.807, 2.05) is 42.5 Å². The molecule has 132 valence electrons. The summed E-state index contributed by atoms with van der Waals surface area (Å²) in [6, 6.07) is 17.0. The van der Waals surface area contributed by atoms with Crippen LogP contribution in [0.15, 0.2) is 48.5 Å². The van der Waals surface area contributed by atoms with E-state index >= 15 is 0 Å². The third-order valence-electron chi connectivity index (χ3n) is 4.21. The second-order valence-corrected chi connectivity index (χ2v) is 5.92. The molecule has 7 heteroatoms. The lowest BCUT2D eigenvalue weighted by Gasteiger charge is -2.15. The molecule has 0 saturated carbocycles. The molecular weight excluding hydrogens is 344 g/mol. The predicted octanol–water partition coefficient (Wildman–Crippen LogP) is 1.97. The lowest BCUT2D eigenvalue weighted by molar-refractivity contribution is 0.0642. The average Bonchev–Trinajstić information content (AvgIpc) is 2.92. The van der Waals surface area contributed by atoms with E-state index in [1.54, 1.807) is 0 Å². The number of amides is 3. The Kier molecular flexibility index (Phi) is 4.96. The zero-order valence-corrected chi connectivity index (χ0v) is 14.3. The van der Waals surface area contributed by atoms with Crippen molar-refractivity contribution in [2.45, 2.75) is 6.54 Å². The Balaban J connectivity index is 1.88. The fourth-order valence-electron chi connectivity index (χ4n) is 2.89. The highest BCUT2D eigenvalue weighted by Gasteiger charge is 2.36. The number of nitriles is 2. The van der Waals surface area contributed by atoms with Gasteiger partial charge in [0.05, 0.1) is 29.8 Å². The van der Waals surface area contributed by atoms with Crippen LogP contribution < -0.4 is 0 Å². The van der Waals surface area contributed by atoms with Gasteiger partial charge in [0.2, 0.25) is 0 Å². The van der Waals surface area contributed by atoms with Crippen LogP contribution in [0.5, 0.6) is 0 Å². The first kappa shape index (κ1) is 17.8. The fraction of sp³-hybridized carbons (Fsp3) is 0.150. The molecule has 7 nitrogen and oxygen atoms in total. The maximum absolute atomic E-state index is 12.7. The summed E-state index contributed by atoms with van der Waals surface area (Å²) in [5.41, 5.74) is 1.36. The highest BCUT2D eigenvalue weighted by atomic mass is 16.2. The molecule has 0 radical (unpaired) electrons. The van der Waals surface area contributed by atoms with Gasteiger partial charge in [0.15, 0.2) is 0 Å². The Morgan fingerprint density at radius 3 is 2.19 bits per heavy atom. The quantitative estimate of drug-likeness (QED) is 0.600. The van der Waals surface area contributed by atoms with Gasteiger partial charge >= 0.3 is 0 Å². The first-order chi connectivity index (χ1) is 13.1. The topological polar surface area (TPSA) is 105 Å². The highest BCUT2D eigenvalue weighted by Crippen LogP contribution is 2.26. The van der Waals surface area contributed by atoms with Crippen molar-refractivity contribution in [2.24, 2.45) is 0 Å². The number of nitrogens with zero attached hydrogens (tertiary/aromatic N) is 4. The van der Waals surface area contributed by atoms with E-state index in [1.165, 1.54) is 18.2 Å². The zero-order valence-electron chi connectivity index (χ0n) is 14.3. The van der Waals surface area contributed by atoms with Crippen molar-refractivity contribution < 1.29 is 14.4 Å². The predicted molar refractivity (Wildman–Crippen MR) is 94.2 cm³/mol. The third-order valence-corrected chi connectivity index (χ3v) is 4.21. The molecule has 0 saturated heterocycles. The molecule has 0 aliphatic carbocycles. The van der Waals surface area contributed by atoms with E-state index in [9.17, 15) is 14.4 Å². The van der Waals surface area contributed by atoms with Crippen molar-refractivity contribution in [3.8, 4) is 12.1 Å².